The Morgan fingerprint density at radius 3 is 2.74 bits per heavy atom. The number of rotatable bonds is 3. The van der Waals surface area contributed by atoms with Crippen LogP contribution in [0.3, 0.4) is 0 Å². The Bertz CT molecular complexity index is 594. The molecule has 2 aromatic rings. The lowest BCUT2D eigenvalue weighted by Gasteiger charge is -2.19. The maximum absolute atomic E-state index is 12.2. The summed E-state index contributed by atoms with van der Waals surface area (Å²) in [4.78, 5) is 15.3. The van der Waals surface area contributed by atoms with Gasteiger partial charge >= 0.3 is 5.97 Å². The Labute approximate surface area is 112 Å². The van der Waals surface area contributed by atoms with Gasteiger partial charge in [-0.3, -0.25) is 0 Å². The molecule has 102 valence electrons. The summed E-state index contributed by atoms with van der Waals surface area (Å²) in [6.45, 7) is 6.17. The van der Waals surface area contributed by atoms with Crippen LogP contribution in [0.1, 0.15) is 36.7 Å². The van der Waals surface area contributed by atoms with Crippen molar-refractivity contribution < 1.29 is 9.53 Å². The first kappa shape index (κ1) is 13.6. The van der Waals surface area contributed by atoms with Crippen LogP contribution in [0, 0.1) is 0 Å². The number of benzene rings is 1. The largest absolute Gasteiger partial charge is 0.456 e. The molecule has 0 amide bonds. The number of fused-ring (bicyclic) bond motifs is 1. The predicted octanol–water partition coefficient (Wildman–Crippen LogP) is 2.62. The van der Waals surface area contributed by atoms with Crippen molar-refractivity contribution in [2.75, 3.05) is 6.54 Å². The summed E-state index contributed by atoms with van der Waals surface area (Å²) in [5.74, 6) is -0.306. The molecule has 4 heteroatoms. The van der Waals surface area contributed by atoms with Gasteiger partial charge in [-0.25, -0.2) is 4.79 Å². The second-order valence-electron chi connectivity index (χ2n) is 5.58. The molecule has 0 aliphatic carbocycles. The van der Waals surface area contributed by atoms with Crippen LogP contribution >= 0.6 is 0 Å². The number of ether oxygens (including phenoxy) is 1. The average molecular weight is 260 g/mol. The number of hydrogen-bond donors (Lipinski definition) is 2. The number of H-pyrrole nitrogens is 1. The van der Waals surface area contributed by atoms with E-state index in [1.54, 1.807) is 6.07 Å². The van der Waals surface area contributed by atoms with Crippen LogP contribution in [0.5, 0.6) is 0 Å². The van der Waals surface area contributed by atoms with Gasteiger partial charge in [-0.15, -0.1) is 0 Å². The molecule has 1 heterocycles. The minimum atomic E-state index is -0.494. The number of carbonyl (C=O) groups is 1. The van der Waals surface area contributed by atoms with E-state index in [0.717, 1.165) is 22.9 Å². The van der Waals surface area contributed by atoms with Gasteiger partial charge in [-0.2, -0.15) is 0 Å². The zero-order chi connectivity index (χ0) is 14.0. The summed E-state index contributed by atoms with van der Waals surface area (Å²) >= 11 is 0. The van der Waals surface area contributed by atoms with Crippen molar-refractivity contribution >= 4 is 16.9 Å². The van der Waals surface area contributed by atoms with E-state index in [0.29, 0.717) is 12.1 Å². The molecule has 3 N–H and O–H groups in total. The highest BCUT2D eigenvalue weighted by Crippen LogP contribution is 2.24. The molecule has 0 fully saturated rings. The standard InChI is InChI=1S/C15H20N2O2/c1-15(2,3)19-14(18)12-6-4-5-11-10(7-8-16)9-17-13(11)12/h4-6,9,17H,7-8,16H2,1-3H3. The molecule has 0 bridgehead atoms. The summed E-state index contributed by atoms with van der Waals surface area (Å²) < 4.78 is 5.42. The third-order valence-electron chi connectivity index (χ3n) is 2.83. The highest BCUT2D eigenvalue weighted by atomic mass is 16.6. The monoisotopic (exact) mass is 260 g/mol. The molecule has 4 nitrogen and oxygen atoms in total. The van der Waals surface area contributed by atoms with Crippen molar-refractivity contribution in [3.05, 3.63) is 35.5 Å². The van der Waals surface area contributed by atoms with Gasteiger partial charge in [0.05, 0.1) is 11.1 Å². The van der Waals surface area contributed by atoms with Crippen LogP contribution in [0.25, 0.3) is 10.9 Å². The SMILES string of the molecule is CC(C)(C)OC(=O)c1cccc2c(CCN)c[nH]c12. The molecule has 0 aliphatic rings. The van der Waals surface area contributed by atoms with Gasteiger partial charge in [0, 0.05) is 11.6 Å². The Morgan fingerprint density at radius 1 is 1.37 bits per heavy atom. The maximum Gasteiger partial charge on any atom is 0.340 e. The zero-order valence-electron chi connectivity index (χ0n) is 11.6. The third kappa shape index (κ3) is 2.96. The molecule has 1 aromatic heterocycles. The van der Waals surface area contributed by atoms with Crippen LogP contribution in [0.4, 0.5) is 0 Å². The Kier molecular flexibility index (Phi) is 3.62. The molecule has 0 radical (unpaired) electrons. The van der Waals surface area contributed by atoms with E-state index < -0.39 is 5.60 Å². The smallest absolute Gasteiger partial charge is 0.340 e. The van der Waals surface area contributed by atoms with Crippen molar-refractivity contribution in [1.82, 2.24) is 4.98 Å². The molecular weight excluding hydrogens is 240 g/mol. The topological polar surface area (TPSA) is 68.1 Å². The van der Waals surface area contributed by atoms with E-state index in [-0.39, 0.29) is 5.97 Å². The van der Waals surface area contributed by atoms with E-state index in [2.05, 4.69) is 4.98 Å². The molecule has 2 rings (SSSR count). The van der Waals surface area contributed by atoms with Crippen LogP contribution in [-0.2, 0) is 11.2 Å². The van der Waals surface area contributed by atoms with Crippen LogP contribution in [0.15, 0.2) is 24.4 Å². The van der Waals surface area contributed by atoms with E-state index in [9.17, 15) is 4.79 Å². The van der Waals surface area contributed by atoms with Crippen molar-refractivity contribution in [2.24, 2.45) is 5.73 Å². The lowest BCUT2D eigenvalue weighted by atomic mass is 10.1. The van der Waals surface area contributed by atoms with E-state index in [4.69, 9.17) is 10.5 Å². The minimum Gasteiger partial charge on any atom is -0.456 e. The zero-order valence-corrected chi connectivity index (χ0v) is 11.6. The summed E-state index contributed by atoms with van der Waals surface area (Å²) in [5, 5.41) is 1.04. The molecule has 0 atom stereocenters. The van der Waals surface area contributed by atoms with Gasteiger partial charge in [0.15, 0.2) is 0 Å². The fourth-order valence-corrected chi connectivity index (χ4v) is 2.08. The third-order valence-corrected chi connectivity index (χ3v) is 2.83. The number of hydrogen-bond acceptors (Lipinski definition) is 3. The molecule has 0 unspecified atom stereocenters. The van der Waals surface area contributed by atoms with Gasteiger partial charge in [0.1, 0.15) is 5.60 Å². The summed E-state index contributed by atoms with van der Waals surface area (Å²) in [5.41, 5.74) is 7.61. The first-order valence-electron chi connectivity index (χ1n) is 6.45. The first-order chi connectivity index (χ1) is 8.92. The lowest BCUT2D eigenvalue weighted by molar-refractivity contribution is 0.00717. The molecule has 0 aliphatic heterocycles. The van der Waals surface area contributed by atoms with Crippen molar-refractivity contribution in [3.63, 3.8) is 0 Å². The average Bonchev–Trinajstić information content (AvgIpc) is 2.71. The van der Waals surface area contributed by atoms with Crippen molar-refractivity contribution in [3.8, 4) is 0 Å². The Hall–Kier alpha value is -1.81. The first-order valence-corrected chi connectivity index (χ1v) is 6.45. The minimum absolute atomic E-state index is 0.306. The molecule has 0 spiro atoms. The highest BCUT2D eigenvalue weighted by molar-refractivity contribution is 6.04. The van der Waals surface area contributed by atoms with Gasteiger partial charge in [0.2, 0.25) is 0 Å². The molecular formula is C15H20N2O2. The second-order valence-corrected chi connectivity index (χ2v) is 5.58. The van der Waals surface area contributed by atoms with Gasteiger partial charge in [0.25, 0.3) is 0 Å². The Balaban J connectivity index is 2.42. The molecule has 0 saturated heterocycles. The molecule has 0 saturated carbocycles. The summed E-state index contributed by atoms with van der Waals surface area (Å²) in [7, 11) is 0. The van der Waals surface area contributed by atoms with Crippen molar-refractivity contribution in [2.45, 2.75) is 32.8 Å². The number of nitrogens with one attached hydrogen (secondary N) is 1. The van der Waals surface area contributed by atoms with E-state index >= 15 is 0 Å². The van der Waals surface area contributed by atoms with Crippen molar-refractivity contribution in [1.29, 1.82) is 0 Å². The summed E-state index contributed by atoms with van der Waals surface area (Å²) in [6.07, 6.45) is 2.70. The normalized spacial score (nSPS) is 11.8. The van der Waals surface area contributed by atoms with E-state index in [1.807, 2.05) is 39.1 Å². The van der Waals surface area contributed by atoms with Gasteiger partial charge < -0.3 is 15.5 Å². The number of para-hydroxylation sites is 1. The number of carbonyl (C=O) groups excluding carboxylic acids is 1. The van der Waals surface area contributed by atoms with Crippen LogP contribution < -0.4 is 5.73 Å². The number of aromatic amines is 1. The van der Waals surface area contributed by atoms with Crippen LogP contribution in [-0.4, -0.2) is 23.1 Å². The highest BCUT2D eigenvalue weighted by Gasteiger charge is 2.20. The second kappa shape index (κ2) is 5.05. The quantitative estimate of drug-likeness (QED) is 0.833. The fraction of sp³-hybridized carbons (Fsp3) is 0.400. The van der Waals surface area contributed by atoms with Crippen LogP contribution in [0.2, 0.25) is 0 Å². The van der Waals surface area contributed by atoms with Gasteiger partial charge in [-0.05, 0) is 45.4 Å². The summed E-state index contributed by atoms with van der Waals surface area (Å²) in [6, 6.07) is 5.64. The number of aromatic nitrogens is 1. The molecule has 19 heavy (non-hydrogen) atoms. The predicted molar refractivity (Wildman–Crippen MR) is 76.2 cm³/mol. The number of nitrogens with two attached hydrogens (primary N) is 1. The van der Waals surface area contributed by atoms with E-state index in [1.165, 1.54) is 0 Å². The lowest BCUT2D eigenvalue weighted by Crippen LogP contribution is -2.24. The fourth-order valence-electron chi connectivity index (χ4n) is 2.08. The van der Waals surface area contributed by atoms with Gasteiger partial charge in [-0.1, -0.05) is 12.1 Å². The molecule has 1 aromatic carbocycles. The number of esters is 1. The Morgan fingerprint density at radius 2 is 2.11 bits per heavy atom. The maximum atomic E-state index is 12.2.